The highest BCUT2D eigenvalue weighted by atomic mass is 35.5. The third-order valence-corrected chi connectivity index (χ3v) is 7.43. The van der Waals surface area contributed by atoms with Gasteiger partial charge in [0.05, 0.1) is 23.4 Å². The molecule has 0 bridgehead atoms. The first kappa shape index (κ1) is 27.0. The molecule has 0 radical (unpaired) electrons. The Kier molecular flexibility index (Phi) is 9.10. The van der Waals surface area contributed by atoms with Crippen molar-refractivity contribution in [2.24, 2.45) is 13.0 Å². The van der Waals surface area contributed by atoms with Crippen molar-refractivity contribution in [3.63, 3.8) is 0 Å². The highest BCUT2D eigenvalue weighted by molar-refractivity contribution is 7.17. The number of anilines is 1. The molecule has 0 saturated carbocycles. The molecule has 0 aliphatic carbocycles. The summed E-state index contributed by atoms with van der Waals surface area (Å²) in [5.74, 6) is 1.98. The number of carbonyl (C=O) groups is 1. The number of ether oxygens (including phenoxy) is 3. The highest BCUT2D eigenvalue weighted by Gasteiger charge is 2.18. The first-order valence-electron chi connectivity index (χ1n) is 12.1. The Labute approximate surface area is 227 Å². The molecular weight excluding hydrogens is 510 g/mol. The second-order valence-corrected chi connectivity index (χ2v) is 9.97. The van der Waals surface area contributed by atoms with Crippen molar-refractivity contribution >= 4 is 45.6 Å². The van der Waals surface area contributed by atoms with Crippen LogP contribution in [0.4, 0.5) is 5.69 Å². The number of nitrogens with zero attached hydrogens (tertiary/aromatic N) is 1. The van der Waals surface area contributed by atoms with E-state index >= 15 is 0 Å². The number of methoxy groups -OCH3 is 1. The Morgan fingerprint density at radius 3 is 2.59 bits per heavy atom. The lowest BCUT2D eigenvalue weighted by Crippen LogP contribution is -2.18. The molecule has 2 N–H and O–H groups in total. The number of halogens is 1. The lowest BCUT2D eigenvalue weighted by molar-refractivity contribution is 0.101. The number of hydrogen-bond donors (Lipinski definition) is 2. The van der Waals surface area contributed by atoms with Gasteiger partial charge in [0.15, 0.2) is 0 Å². The third-order valence-electron chi connectivity index (χ3n) is 6.57. The number of aryl methyl sites for hydroxylation is 1. The molecule has 196 valence electrons. The molecule has 7 nitrogen and oxygen atoms in total. The van der Waals surface area contributed by atoms with Crippen molar-refractivity contribution in [1.82, 2.24) is 9.88 Å². The van der Waals surface area contributed by atoms with E-state index in [1.54, 1.807) is 18.4 Å². The summed E-state index contributed by atoms with van der Waals surface area (Å²) in [6, 6.07) is 17.5. The molecule has 0 spiro atoms. The monoisotopic (exact) mass is 541 g/mol. The Balaban J connectivity index is 0.00000320. The number of aromatic nitrogens is 1. The second kappa shape index (κ2) is 12.5. The van der Waals surface area contributed by atoms with Crippen LogP contribution in [0, 0.1) is 5.92 Å². The summed E-state index contributed by atoms with van der Waals surface area (Å²) in [7, 11) is 3.57. The van der Waals surface area contributed by atoms with E-state index in [1.165, 1.54) is 0 Å². The molecule has 1 saturated heterocycles. The molecule has 2 aromatic heterocycles. The first-order valence-corrected chi connectivity index (χ1v) is 13.0. The van der Waals surface area contributed by atoms with Gasteiger partial charge in [-0.05, 0) is 66.4 Å². The second-order valence-electron chi connectivity index (χ2n) is 9.02. The molecule has 9 heteroatoms. The van der Waals surface area contributed by atoms with Gasteiger partial charge in [-0.3, -0.25) is 4.79 Å². The van der Waals surface area contributed by atoms with E-state index in [9.17, 15) is 4.79 Å². The molecular formula is C28H32ClN3O4S. The van der Waals surface area contributed by atoms with Crippen LogP contribution >= 0.6 is 23.7 Å². The molecule has 1 aliphatic rings. The summed E-state index contributed by atoms with van der Waals surface area (Å²) in [6.07, 6.45) is 1.16. The molecule has 1 amide bonds. The predicted octanol–water partition coefficient (Wildman–Crippen LogP) is 5.63. The van der Waals surface area contributed by atoms with Crippen LogP contribution in [0.1, 0.15) is 28.0 Å². The number of nitrogens with one attached hydrogen (secondary N) is 2. The van der Waals surface area contributed by atoms with E-state index in [0.29, 0.717) is 30.5 Å². The zero-order chi connectivity index (χ0) is 24.9. The van der Waals surface area contributed by atoms with Gasteiger partial charge in [0.1, 0.15) is 23.8 Å². The number of benzene rings is 2. The summed E-state index contributed by atoms with van der Waals surface area (Å²) in [5, 5.41) is 8.48. The average Bonchev–Trinajstić information content (AvgIpc) is 3.63. The first-order chi connectivity index (χ1) is 17.6. The van der Waals surface area contributed by atoms with Crippen LogP contribution < -0.4 is 20.1 Å². The van der Waals surface area contributed by atoms with Crippen molar-refractivity contribution in [2.45, 2.75) is 19.6 Å². The molecule has 4 aromatic rings. The quantitative estimate of drug-likeness (QED) is 0.272. The number of amides is 1. The maximum Gasteiger partial charge on any atom is 0.272 e. The highest BCUT2D eigenvalue weighted by Crippen LogP contribution is 2.28. The molecule has 1 atom stereocenters. The average molecular weight is 542 g/mol. The van der Waals surface area contributed by atoms with Crippen LogP contribution in [0.15, 0.2) is 60.0 Å². The van der Waals surface area contributed by atoms with Crippen molar-refractivity contribution in [3.05, 3.63) is 76.8 Å². The van der Waals surface area contributed by atoms with Crippen LogP contribution in [-0.2, 0) is 25.0 Å². The van der Waals surface area contributed by atoms with Crippen molar-refractivity contribution < 1.29 is 19.0 Å². The molecule has 1 fully saturated rings. The summed E-state index contributed by atoms with van der Waals surface area (Å²) in [4.78, 5) is 13.2. The lowest BCUT2D eigenvalue weighted by atomic mass is 10.1. The molecule has 5 rings (SSSR count). The Morgan fingerprint density at radius 2 is 1.89 bits per heavy atom. The summed E-state index contributed by atoms with van der Waals surface area (Å²) >= 11 is 1.63. The predicted molar refractivity (Wildman–Crippen MR) is 150 cm³/mol. The molecule has 1 aliphatic heterocycles. The van der Waals surface area contributed by atoms with E-state index in [4.69, 9.17) is 14.2 Å². The molecule has 3 heterocycles. The van der Waals surface area contributed by atoms with Gasteiger partial charge in [-0.2, -0.15) is 0 Å². The zero-order valence-corrected chi connectivity index (χ0v) is 22.6. The maximum atomic E-state index is 13.2. The van der Waals surface area contributed by atoms with Gasteiger partial charge in [-0.25, -0.2) is 0 Å². The van der Waals surface area contributed by atoms with Crippen LogP contribution in [0.3, 0.4) is 0 Å². The Morgan fingerprint density at radius 1 is 1.11 bits per heavy atom. The number of fused-ring (bicyclic) bond motifs is 1. The maximum absolute atomic E-state index is 13.2. The number of thiophene rings is 1. The van der Waals surface area contributed by atoms with Crippen LogP contribution in [0.2, 0.25) is 0 Å². The lowest BCUT2D eigenvalue weighted by Gasteiger charge is -2.17. The zero-order valence-electron chi connectivity index (χ0n) is 21.0. The van der Waals surface area contributed by atoms with E-state index < -0.39 is 0 Å². The fourth-order valence-electron chi connectivity index (χ4n) is 4.53. The van der Waals surface area contributed by atoms with Crippen molar-refractivity contribution in [3.8, 4) is 11.5 Å². The van der Waals surface area contributed by atoms with Gasteiger partial charge >= 0.3 is 0 Å². The number of carbonyl (C=O) groups excluding carboxylic acids is 1. The fourth-order valence-corrected chi connectivity index (χ4v) is 5.37. The Hall–Kier alpha value is -3.04. The minimum Gasteiger partial charge on any atom is -0.493 e. The standard InChI is InChI=1S/C28H31N3O4S.ClH/c1-31-25-11-13-36-27(25)14-26(31)28(32)30-24-5-3-4-20(17-33-2)23(24)18-35-22-8-6-21(7-9-22)34-16-19-10-12-29-15-19;/h3-9,11,13-14,19,29H,10,12,15-18H2,1-2H3,(H,30,32);1H/t19-;/m0./s1. The van der Waals surface area contributed by atoms with Gasteiger partial charge in [0, 0.05) is 37.9 Å². The molecule has 0 unspecified atom stereocenters. The van der Waals surface area contributed by atoms with Gasteiger partial charge in [0.25, 0.3) is 5.91 Å². The van der Waals surface area contributed by atoms with Gasteiger partial charge < -0.3 is 29.4 Å². The summed E-state index contributed by atoms with van der Waals surface area (Å²) in [6.45, 7) is 3.52. The van der Waals surface area contributed by atoms with E-state index in [1.807, 2.05) is 71.6 Å². The number of hydrogen-bond acceptors (Lipinski definition) is 6. The summed E-state index contributed by atoms with van der Waals surface area (Å²) in [5.41, 5.74) is 4.23. The van der Waals surface area contributed by atoms with Crippen LogP contribution in [0.5, 0.6) is 11.5 Å². The van der Waals surface area contributed by atoms with Gasteiger partial charge in [-0.1, -0.05) is 12.1 Å². The summed E-state index contributed by atoms with van der Waals surface area (Å²) < 4.78 is 20.5. The van der Waals surface area contributed by atoms with Crippen molar-refractivity contribution in [2.75, 3.05) is 32.1 Å². The topological polar surface area (TPSA) is 73.8 Å². The molecule has 37 heavy (non-hydrogen) atoms. The third kappa shape index (κ3) is 6.27. The van der Waals surface area contributed by atoms with E-state index in [-0.39, 0.29) is 18.3 Å². The van der Waals surface area contributed by atoms with Crippen LogP contribution in [0.25, 0.3) is 10.2 Å². The van der Waals surface area contributed by atoms with E-state index in [0.717, 1.165) is 59.0 Å². The Bertz CT molecular complexity index is 1330. The minimum absolute atomic E-state index is 0. The minimum atomic E-state index is -0.157. The fraction of sp³-hybridized carbons (Fsp3) is 0.321. The van der Waals surface area contributed by atoms with Gasteiger partial charge in [0.2, 0.25) is 0 Å². The smallest absolute Gasteiger partial charge is 0.272 e. The van der Waals surface area contributed by atoms with Crippen LogP contribution in [-0.4, -0.2) is 37.3 Å². The van der Waals surface area contributed by atoms with E-state index in [2.05, 4.69) is 10.6 Å². The normalized spacial score (nSPS) is 14.9. The largest absolute Gasteiger partial charge is 0.493 e. The number of rotatable bonds is 10. The van der Waals surface area contributed by atoms with Gasteiger partial charge in [-0.15, -0.1) is 23.7 Å². The molecule has 2 aromatic carbocycles. The SMILES string of the molecule is COCc1cccc(NC(=O)c2cc3sccc3n2C)c1COc1ccc(OC[C@H]2CCNC2)cc1.Cl. The van der Waals surface area contributed by atoms with Crippen molar-refractivity contribution in [1.29, 1.82) is 0 Å².